The van der Waals surface area contributed by atoms with Crippen LogP contribution < -0.4 is 5.84 Å². The number of hydrogen-bond acceptors (Lipinski definition) is 5. The number of rotatable bonds is 3. The maximum atomic E-state index is 5.50. The van der Waals surface area contributed by atoms with Crippen molar-refractivity contribution in [2.24, 2.45) is 10.9 Å². The molecule has 98 valence electrons. The van der Waals surface area contributed by atoms with E-state index >= 15 is 0 Å². The zero-order chi connectivity index (χ0) is 13.8. The van der Waals surface area contributed by atoms with Crippen LogP contribution in [0.1, 0.15) is 11.3 Å². The Labute approximate surface area is 116 Å². The Morgan fingerprint density at radius 3 is 2.75 bits per heavy atom. The average molecular weight is 263 g/mol. The molecule has 5 nitrogen and oxygen atoms in total. The molecule has 0 aliphatic rings. The molecule has 0 fully saturated rings. The van der Waals surface area contributed by atoms with Gasteiger partial charge in [0.2, 0.25) is 0 Å². The lowest BCUT2D eigenvalue weighted by molar-refractivity contribution is 1.12. The first-order valence-corrected chi connectivity index (χ1v) is 6.24. The van der Waals surface area contributed by atoms with Crippen LogP contribution in [0, 0.1) is 0 Å². The van der Waals surface area contributed by atoms with E-state index in [2.05, 4.69) is 20.1 Å². The van der Waals surface area contributed by atoms with E-state index < -0.39 is 0 Å². The Morgan fingerprint density at radius 2 is 1.95 bits per heavy atom. The fourth-order valence-corrected chi connectivity index (χ4v) is 2.14. The summed E-state index contributed by atoms with van der Waals surface area (Å²) in [6.07, 6.45) is 7.31. The summed E-state index contributed by atoms with van der Waals surface area (Å²) in [6, 6.07) is 9.97. The number of benzene rings is 1. The zero-order valence-electron chi connectivity index (χ0n) is 10.8. The number of nitrogens with two attached hydrogens (primary N) is 1. The molecular weight excluding hydrogens is 250 g/mol. The highest BCUT2D eigenvalue weighted by atomic mass is 15.1. The number of nitrogens with zero attached hydrogens (tertiary/aromatic N) is 4. The zero-order valence-corrected chi connectivity index (χ0v) is 10.8. The summed E-state index contributed by atoms with van der Waals surface area (Å²) in [6.45, 7) is 0. The van der Waals surface area contributed by atoms with Gasteiger partial charge in [0, 0.05) is 30.4 Å². The molecule has 0 aliphatic carbocycles. The van der Waals surface area contributed by atoms with Gasteiger partial charge in [0.1, 0.15) is 5.69 Å². The molecule has 0 aliphatic heterocycles. The predicted octanol–water partition coefficient (Wildman–Crippen LogP) is 1.93. The molecule has 20 heavy (non-hydrogen) atoms. The molecule has 0 amide bonds. The van der Waals surface area contributed by atoms with E-state index in [4.69, 9.17) is 5.84 Å². The minimum Gasteiger partial charge on any atom is -0.323 e. The van der Waals surface area contributed by atoms with Crippen LogP contribution in [0.2, 0.25) is 0 Å². The van der Waals surface area contributed by atoms with Crippen LogP contribution in [-0.4, -0.2) is 20.7 Å². The van der Waals surface area contributed by atoms with Crippen molar-refractivity contribution in [3.63, 3.8) is 0 Å². The average Bonchev–Trinajstić information content (AvgIpc) is 2.53. The molecule has 0 saturated heterocycles. The largest absolute Gasteiger partial charge is 0.323 e. The van der Waals surface area contributed by atoms with E-state index in [1.54, 1.807) is 24.8 Å². The van der Waals surface area contributed by atoms with Crippen molar-refractivity contribution in [1.82, 2.24) is 15.0 Å². The summed E-state index contributed by atoms with van der Waals surface area (Å²) >= 11 is 0. The Morgan fingerprint density at radius 1 is 1.05 bits per heavy atom. The highest BCUT2D eigenvalue weighted by Gasteiger charge is 2.09. The van der Waals surface area contributed by atoms with E-state index in [1.165, 1.54) is 0 Å². The van der Waals surface area contributed by atoms with Gasteiger partial charge in [-0.05, 0) is 17.7 Å². The third-order valence-electron chi connectivity index (χ3n) is 3.11. The third-order valence-corrected chi connectivity index (χ3v) is 3.11. The van der Waals surface area contributed by atoms with Gasteiger partial charge in [0.15, 0.2) is 0 Å². The Bertz CT molecular complexity index is 747. The molecular formula is C15H13N5. The predicted molar refractivity (Wildman–Crippen MR) is 78.2 cm³/mol. The molecule has 0 saturated carbocycles. The maximum absolute atomic E-state index is 5.50. The summed E-state index contributed by atoms with van der Waals surface area (Å²) in [5, 5.41) is 4.95. The summed E-state index contributed by atoms with van der Waals surface area (Å²) < 4.78 is 0. The molecule has 0 atom stereocenters. The summed E-state index contributed by atoms with van der Waals surface area (Å²) in [4.78, 5) is 12.6. The smallest absolute Gasteiger partial charge is 0.105 e. The molecule has 0 spiro atoms. The Balaban J connectivity index is 2.01. The van der Waals surface area contributed by atoms with E-state index in [9.17, 15) is 0 Å². The van der Waals surface area contributed by atoms with Crippen molar-refractivity contribution in [3.8, 4) is 0 Å². The summed E-state index contributed by atoms with van der Waals surface area (Å²) in [5.41, 5.74) is 3.47. The Hall–Kier alpha value is -2.82. The molecule has 0 radical (unpaired) electrons. The minimum atomic E-state index is 0.595. The number of pyridine rings is 1. The van der Waals surface area contributed by atoms with Crippen LogP contribution in [0.5, 0.6) is 0 Å². The molecule has 2 heterocycles. The monoisotopic (exact) mass is 263 g/mol. The topological polar surface area (TPSA) is 77.0 Å². The number of hydrogen-bond donors (Lipinski definition) is 1. The number of aromatic nitrogens is 3. The lowest BCUT2D eigenvalue weighted by Gasteiger charge is -2.07. The summed E-state index contributed by atoms with van der Waals surface area (Å²) in [7, 11) is 0. The van der Waals surface area contributed by atoms with Crippen molar-refractivity contribution >= 4 is 16.6 Å². The second kappa shape index (κ2) is 5.44. The van der Waals surface area contributed by atoms with Crippen LogP contribution >= 0.6 is 0 Å². The van der Waals surface area contributed by atoms with Gasteiger partial charge < -0.3 is 5.84 Å². The van der Waals surface area contributed by atoms with E-state index in [0.29, 0.717) is 17.8 Å². The fraction of sp³-hybridized carbons (Fsp3) is 0.0667. The molecule has 2 aromatic heterocycles. The second-order valence-electron chi connectivity index (χ2n) is 4.33. The first kappa shape index (κ1) is 12.2. The van der Waals surface area contributed by atoms with Crippen LogP contribution in [0.3, 0.4) is 0 Å². The van der Waals surface area contributed by atoms with Gasteiger partial charge in [-0.25, -0.2) is 0 Å². The lowest BCUT2D eigenvalue weighted by atomic mass is 10.0. The van der Waals surface area contributed by atoms with Crippen molar-refractivity contribution in [2.75, 3.05) is 0 Å². The van der Waals surface area contributed by atoms with Crippen molar-refractivity contribution in [2.45, 2.75) is 6.42 Å². The van der Waals surface area contributed by atoms with Crippen LogP contribution in [0.15, 0.2) is 60.2 Å². The van der Waals surface area contributed by atoms with Crippen molar-refractivity contribution in [3.05, 3.63) is 66.4 Å². The molecule has 1 aromatic carbocycles. The van der Waals surface area contributed by atoms with Crippen LogP contribution in [0.25, 0.3) is 10.9 Å². The quantitative estimate of drug-likeness (QED) is 0.445. The van der Waals surface area contributed by atoms with Crippen molar-refractivity contribution < 1.29 is 0 Å². The van der Waals surface area contributed by atoms with Gasteiger partial charge in [0.05, 0.1) is 17.4 Å². The lowest BCUT2D eigenvalue weighted by Crippen LogP contribution is -2.11. The molecule has 3 aromatic rings. The normalized spacial score (nSPS) is 11.7. The van der Waals surface area contributed by atoms with Gasteiger partial charge in [-0.2, -0.15) is 5.10 Å². The molecule has 3 rings (SSSR count). The molecule has 0 bridgehead atoms. The minimum absolute atomic E-state index is 0.595. The van der Waals surface area contributed by atoms with Gasteiger partial charge in [-0.15, -0.1) is 0 Å². The van der Waals surface area contributed by atoms with Crippen molar-refractivity contribution in [1.29, 1.82) is 0 Å². The first-order chi connectivity index (χ1) is 9.88. The molecule has 2 N–H and O–H groups in total. The Kier molecular flexibility index (Phi) is 3.33. The first-order valence-electron chi connectivity index (χ1n) is 6.24. The highest BCUT2D eigenvalue weighted by molar-refractivity contribution is 6.01. The number of fused-ring (bicyclic) bond motifs is 1. The fourth-order valence-electron chi connectivity index (χ4n) is 2.14. The number of para-hydroxylation sites is 1. The summed E-state index contributed by atoms with van der Waals surface area (Å²) in [5.74, 6) is 5.50. The second-order valence-corrected chi connectivity index (χ2v) is 4.33. The molecule has 5 heteroatoms. The number of hydrazone groups is 1. The van der Waals surface area contributed by atoms with Crippen LogP contribution in [-0.2, 0) is 6.42 Å². The SMILES string of the molecule is NN=C(Cc1ccnc2ccccc12)c1cnccn1. The van der Waals surface area contributed by atoms with Crippen LogP contribution in [0.4, 0.5) is 0 Å². The maximum Gasteiger partial charge on any atom is 0.105 e. The van der Waals surface area contributed by atoms with Gasteiger partial charge in [-0.3, -0.25) is 15.0 Å². The highest BCUT2D eigenvalue weighted by Crippen LogP contribution is 2.17. The van der Waals surface area contributed by atoms with E-state index in [-0.39, 0.29) is 0 Å². The standard InChI is InChI=1S/C15H13N5/c16-20-14(15-10-17-7-8-19-15)9-11-5-6-18-13-4-2-1-3-12(11)13/h1-8,10H,9,16H2. The van der Waals surface area contributed by atoms with Gasteiger partial charge >= 0.3 is 0 Å². The van der Waals surface area contributed by atoms with E-state index in [0.717, 1.165) is 16.5 Å². The molecule has 0 unspecified atom stereocenters. The van der Waals surface area contributed by atoms with Gasteiger partial charge in [-0.1, -0.05) is 18.2 Å². The third kappa shape index (κ3) is 2.33. The van der Waals surface area contributed by atoms with E-state index in [1.807, 2.05) is 30.3 Å². The van der Waals surface area contributed by atoms with Gasteiger partial charge in [0.25, 0.3) is 0 Å².